The molecule has 0 amide bonds. The number of fused-ring (bicyclic) bond motifs is 1. The fourth-order valence-corrected chi connectivity index (χ4v) is 5.76. The second-order valence-electron chi connectivity index (χ2n) is 9.19. The molecule has 0 spiro atoms. The lowest BCUT2D eigenvalue weighted by atomic mass is 9.85. The topological polar surface area (TPSA) is 64.3 Å². The molecule has 3 fully saturated rings. The number of aromatic nitrogens is 2. The number of benzene rings is 1. The van der Waals surface area contributed by atoms with E-state index in [9.17, 15) is 13.2 Å². The Labute approximate surface area is 179 Å². The fraction of sp³-hybridized carbons (Fsp3) is 0.565. The van der Waals surface area contributed by atoms with E-state index in [2.05, 4.69) is 15.1 Å². The standard InChI is InChI=1S/C23H27F3N4O/c24-15-9-18(23(26)19(25)10-15)20-1-2-22(29-28-20)30-12-14-8-16(27)11-17(14)21(30)7-13-3-5-31-6-4-13/h1-2,9-10,13-14,16-17,21H,3-8,11-12,27H2/t14-,16+,17+,21+/m1/s1. The maximum Gasteiger partial charge on any atom is 0.168 e. The highest BCUT2D eigenvalue weighted by molar-refractivity contribution is 5.61. The second kappa shape index (κ2) is 8.39. The highest BCUT2D eigenvalue weighted by atomic mass is 19.2. The van der Waals surface area contributed by atoms with Crippen molar-refractivity contribution in [2.75, 3.05) is 24.7 Å². The van der Waals surface area contributed by atoms with Crippen molar-refractivity contribution in [1.29, 1.82) is 0 Å². The minimum Gasteiger partial charge on any atom is -0.381 e. The molecule has 0 bridgehead atoms. The van der Waals surface area contributed by atoms with Crippen LogP contribution < -0.4 is 10.6 Å². The Hall–Kier alpha value is -2.19. The number of anilines is 1. The highest BCUT2D eigenvalue weighted by Crippen LogP contribution is 2.45. The molecule has 0 radical (unpaired) electrons. The Morgan fingerprint density at radius 3 is 2.61 bits per heavy atom. The van der Waals surface area contributed by atoms with Gasteiger partial charge in [0.1, 0.15) is 5.82 Å². The Balaban J connectivity index is 1.40. The van der Waals surface area contributed by atoms with Crippen LogP contribution in [0.15, 0.2) is 24.3 Å². The molecule has 3 heterocycles. The average molecular weight is 432 g/mol. The fourth-order valence-electron chi connectivity index (χ4n) is 5.76. The van der Waals surface area contributed by atoms with Gasteiger partial charge < -0.3 is 15.4 Å². The summed E-state index contributed by atoms with van der Waals surface area (Å²) in [6.45, 7) is 2.51. The van der Waals surface area contributed by atoms with Crippen LogP contribution in [0.2, 0.25) is 0 Å². The van der Waals surface area contributed by atoms with Gasteiger partial charge >= 0.3 is 0 Å². The number of nitrogens with zero attached hydrogens (tertiary/aromatic N) is 3. The van der Waals surface area contributed by atoms with E-state index in [1.54, 1.807) is 12.1 Å². The normalized spacial score (nSPS) is 28.8. The maximum absolute atomic E-state index is 14.1. The van der Waals surface area contributed by atoms with Gasteiger partial charge in [0.15, 0.2) is 17.5 Å². The van der Waals surface area contributed by atoms with Crippen molar-refractivity contribution in [3.05, 3.63) is 41.7 Å². The van der Waals surface area contributed by atoms with Crippen molar-refractivity contribution < 1.29 is 17.9 Å². The molecular weight excluding hydrogens is 405 g/mol. The molecule has 2 saturated heterocycles. The van der Waals surface area contributed by atoms with Crippen LogP contribution in [0.3, 0.4) is 0 Å². The minimum atomic E-state index is -1.24. The summed E-state index contributed by atoms with van der Waals surface area (Å²) in [5.41, 5.74) is 6.15. The first-order valence-corrected chi connectivity index (χ1v) is 11.1. The molecule has 3 aliphatic rings. The number of hydrogen-bond acceptors (Lipinski definition) is 5. The van der Waals surface area contributed by atoms with Gasteiger partial charge in [-0.1, -0.05) is 0 Å². The van der Waals surface area contributed by atoms with Crippen molar-refractivity contribution in [2.24, 2.45) is 23.5 Å². The van der Waals surface area contributed by atoms with Gasteiger partial charge in [-0.2, -0.15) is 0 Å². The van der Waals surface area contributed by atoms with Crippen LogP contribution in [-0.4, -0.2) is 42.0 Å². The Morgan fingerprint density at radius 1 is 1.06 bits per heavy atom. The van der Waals surface area contributed by atoms with E-state index < -0.39 is 17.5 Å². The van der Waals surface area contributed by atoms with Crippen molar-refractivity contribution in [2.45, 2.75) is 44.2 Å². The van der Waals surface area contributed by atoms with Crippen LogP contribution in [0.4, 0.5) is 19.0 Å². The van der Waals surface area contributed by atoms with Crippen LogP contribution in [0.5, 0.6) is 0 Å². The van der Waals surface area contributed by atoms with Gasteiger partial charge in [-0.15, -0.1) is 10.2 Å². The second-order valence-corrected chi connectivity index (χ2v) is 9.19. The minimum absolute atomic E-state index is 0.113. The quantitative estimate of drug-likeness (QED) is 0.742. The molecule has 2 N–H and O–H groups in total. The van der Waals surface area contributed by atoms with Gasteiger partial charge in [0, 0.05) is 43.5 Å². The molecule has 5 nitrogen and oxygen atoms in total. The molecule has 4 atom stereocenters. The summed E-state index contributed by atoms with van der Waals surface area (Å²) in [5.74, 6) is -0.786. The van der Waals surface area contributed by atoms with Crippen LogP contribution in [-0.2, 0) is 4.74 Å². The predicted octanol–water partition coefficient (Wildman–Crippen LogP) is 3.92. The molecule has 0 unspecified atom stereocenters. The zero-order valence-corrected chi connectivity index (χ0v) is 17.3. The van der Waals surface area contributed by atoms with Gasteiger partial charge in [0.25, 0.3) is 0 Å². The summed E-state index contributed by atoms with van der Waals surface area (Å²) in [6.07, 6.45) is 5.26. The molecule has 1 aromatic heterocycles. The maximum atomic E-state index is 14.1. The number of hydrogen-bond donors (Lipinski definition) is 1. The van der Waals surface area contributed by atoms with Gasteiger partial charge in [0.05, 0.1) is 5.69 Å². The van der Waals surface area contributed by atoms with Crippen molar-refractivity contribution >= 4 is 5.82 Å². The van der Waals surface area contributed by atoms with E-state index in [1.807, 2.05) is 0 Å². The summed E-state index contributed by atoms with van der Waals surface area (Å²) in [5, 5.41) is 8.45. The van der Waals surface area contributed by atoms with Crippen molar-refractivity contribution in [1.82, 2.24) is 10.2 Å². The summed E-state index contributed by atoms with van der Waals surface area (Å²) in [7, 11) is 0. The van der Waals surface area contributed by atoms with Crippen LogP contribution in [0, 0.1) is 35.2 Å². The smallest absolute Gasteiger partial charge is 0.168 e. The number of ether oxygens (including phenoxy) is 1. The first-order valence-electron chi connectivity index (χ1n) is 11.1. The number of halogens is 3. The highest BCUT2D eigenvalue weighted by Gasteiger charge is 2.47. The van der Waals surface area contributed by atoms with E-state index in [0.29, 0.717) is 29.9 Å². The Bertz CT molecular complexity index is 935. The molecule has 5 rings (SSSR count). The Kier molecular flexibility index (Phi) is 5.60. The first kappa shape index (κ1) is 20.7. The van der Waals surface area contributed by atoms with E-state index in [1.165, 1.54) is 0 Å². The van der Waals surface area contributed by atoms with Crippen LogP contribution >= 0.6 is 0 Å². The van der Waals surface area contributed by atoms with E-state index in [-0.39, 0.29) is 17.3 Å². The Morgan fingerprint density at radius 2 is 1.87 bits per heavy atom. The lowest BCUT2D eigenvalue weighted by Gasteiger charge is -2.33. The van der Waals surface area contributed by atoms with Gasteiger partial charge in [0.2, 0.25) is 0 Å². The molecular formula is C23H27F3N4O. The lowest BCUT2D eigenvalue weighted by Crippen LogP contribution is -2.37. The summed E-state index contributed by atoms with van der Waals surface area (Å²) in [4.78, 5) is 2.32. The van der Waals surface area contributed by atoms with E-state index >= 15 is 0 Å². The molecule has 31 heavy (non-hydrogen) atoms. The van der Waals surface area contributed by atoms with Gasteiger partial charge in [-0.3, -0.25) is 0 Å². The number of nitrogens with two attached hydrogens (primary N) is 1. The first-order chi connectivity index (χ1) is 15.0. The average Bonchev–Trinajstić information content (AvgIpc) is 3.28. The van der Waals surface area contributed by atoms with Gasteiger partial charge in [-0.25, -0.2) is 13.2 Å². The molecule has 1 saturated carbocycles. The zero-order chi connectivity index (χ0) is 21.5. The summed E-state index contributed by atoms with van der Waals surface area (Å²) >= 11 is 0. The number of rotatable bonds is 4. The zero-order valence-electron chi connectivity index (χ0n) is 17.3. The summed E-state index contributed by atoms with van der Waals surface area (Å²) in [6, 6.07) is 5.43. The third kappa shape index (κ3) is 4.03. The largest absolute Gasteiger partial charge is 0.381 e. The van der Waals surface area contributed by atoms with Crippen LogP contribution in [0.1, 0.15) is 32.1 Å². The SMILES string of the molecule is N[C@H]1C[C@@H]2CN(c3ccc(-c4cc(F)cc(F)c4F)nn3)[C@@H](CC3CCOCC3)[C@H]2C1. The van der Waals surface area contributed by atoms with E-state index in [4.69, 9.17) is 10.5 Å². The third-order valence-electron chi connectivity index (χ3n) is 7.24. The molecule has 166 valence electrons. The van der Waals surface area contributed by atoms with Crippen molar-refractivity contribution in [3.8, 4) is 11.3 Å². The third-order valence-corrected chi connectivity index (χ3v) is 7.24. The molecule has 1 aliphatic carbocycles. The monoisotopic (exact) mass is 432 g/mol. The molecule has 1 aromatic carbocycles. The van der Waals surface area contributed by atoms with Gasteiger partial charge in [-0.05, 0) is 68.1 Å². The molecule has 2 aromatic rings. The van der Waals surface area contributed by atoms with E-state index in [0.717, 1.165) is 63.7 Å². The van der Waals surface area contributed by atoms with Crippen LogP contribution in [0.25, 0.3) is 11.3 Å². The summed E-state index contributed by atoms with van der Waals surface area (Å²) < 4.78 is 46.8. The van der Waals surface area contributed by atoms with Crippen molar-refractivity contribution in [3.63, 3.8) is 0 Å². The molecule has 8 heteroatoms. The lowest BCUT2D eigenvalue weighted by molar-refractivity contribution is 0.0602. The molecule has 2 aliphatic heterocycles. The predicted molar refractivity (Wildman–Crippen MR) is 111 cm³/mol.